The summed E-state index contributed by atoms with van der Waals surface area (Å²) >= 11 is 0. The summed E-state index contributed by atoms with van der Waals surface area (Å²) in [7, 11) is 0. The number of amides is 1. The summed E-state index contributed by atoms with van der Waals surface area (Å²) in [5.41, 5.74) is 7.21. The van der Waals surface area contributed by atoms with Crippen molar-refractivity contribution in [3.63, 3.8) is 0 Å². The smallest absolute Gasteiger partial charge is 0.255 e. The summed E-state index contributed by atoms with van der Waals surface area (Å²) in [4.78, 5) is 21.1. The minimum absolute atomic E-state index is 0.155. The van der Waals surface area contributed by atoms with Crippen LogP contribution in [0.3, 0.4) is 0 Å². The van der Waals surface area contributed by atoms with Gasteiger partial charge in [-0.05, 0) is 65.1 Å². The number of carbonyl (C=O) groups excluding carboxylic acids is 1. The lowest BCUT2D eigenvalue weighted by Gasteiger charge is -2.09. The molecule has 1 aliphatic carbocycles. The zero-order valence-electron chi connectivity index (χ0n) is 15.6. The number of carbonyl (C=O) groups is 1. The van der Waals surface area contributed by atoms with Crippen molar-refractivity contribution in [3.05, 3.63) is 102 Å². The van der Waals surface area contributed by atoms with Gasteiger partial charge in [-0.15, -0.1) is 0 Å². The number of nitrogens with zero attached hydrogens (tertiary/aromatic N) is 2. The second-order valence-corrected chi connectivity index (χ2v) is 6.94. The Morgan fingerprint density at radius 1 is 0.759 bits per heavy atom. The maximum absolute atomic E-state index is 12.8. The van der Waals surface area contributed by atoms with Crippen LogP contribution < -0.4 is 10.6 Å². The van der Waals surface area contributed by atoms with Crippen LogP contribution in [-0.4, -0.2) is 15.9 Å². The van der Waals surface area contributed by atoms with Crippen LogP contribution in [0.1, 0.15) is 21.5 Å². The first kappa shape index (κ1) is 17.1. The summed E-state index contributed by atoms with van der Waals surface area (Å²) in [5, 5.41) is 6.11. The van der Waals surface area contributed by atoms with E-state index in [1.807, 2.05) is 18.2 Å². The highest BCUT2D eigenvalue weighted by molar-refractivity contribution is 6.05. The molecule has 0 radical (unpaired) electrons. The Bertz CT molecular complexity index is 1200. The lowest BCUT2D eigenvalue weighted by Crippen LogP contribution is -2.12. The van der Waals surface area contributed by atoms with E-state index in [9.17, 15) is 4.79 Å². The molecule has 0 atom stereocenters. The van der Waals surface area contributed by atoms with Crippen LogP contribution in [0.2, 0.25) is 0 Å². The molecule has 5 nitrogen and oxygen atoms in total. The van der Waals surface area contributed by atoms with Crippen LogP contribution in [0.5, 0.6) is 0 Å². The van der Waals surface area contributed by atoms with Gasteiger partial charge in [0.15, 0.2) is 0 Å². The van der Waals surface area contributed by atoms with Gasteiger partial charge >= 0.3 is 0 Å². The number of benzene rings is 3. The Hall–Kier alpha value is -3.99. The maximum Gasteiger partial charge on any atom is 0.255 e. The molecule has 0 bridgehead atoms. The van der Waals surface area contributed by atoms with E-state index in [0.717, 1.165) is 17.8 Å². The van der Waals surface area contributed by atoms with Crippen molar-refractivity contribution in [2.45, 2.75) is 6.42 Å². The number of fused-ring (bicyclic) bond motifs is 3. The standard InChI is InChI=1S/C24H18N4O/c29-23(17-6-3-7-19(14-17)28-24-25-11-4-12-26-24)27-20-9-10-22-18(15-20)13-16-5-1-2-8-21(16)22/h1-12,14-15H,13H2,(H,27,29)(H,25,26,28). The summed E-state index contributed by atoms with van der Waals surface area (Å²) in [6.45, 7) is 0. The van der Waals surface area contributed by atoms with E-state index >= 15 is 0 Å². The molecule has 5 rings (SSSR count). The number of hydrogen-bond donors (Lipinski definition) is 2. The fourth-order valence-corrected chi connectivity index (χ4v) is 3.66. The second-order valence-electron chi connectivity index (χ2n) is 6.94. The van der Waals surface area contributed by atoms with E-state index in [-0.39, 0.29) is 5.91 Å². The Kier molecular flexibility index (Phi) is 4.26. The van der Waals surface area contributed by atoms with Crippen molar-refractivity contribution in [1.29, 1.82) is 0 Å². The molecule has 29 heavy (non-hydrogen) atoms. The van der Waals surface area contributed by atoms with E-state index in [2.05, 4.69) is 57.0 Å². The predicted molar refractivity (Wildman–Crippen MR) is 114 cm³/mol. The molecule has 4 aromatic rings. The summed E-state index contributed by atoms with van der Waals surface area (Å²) < 4.78 is 0. The molecule has 140 valence electrons. The predicted octanol–water partition coefficient (Wildman–Crippen LogP) is 5.04. The Labute approximate surface area is 168 Å². The highest BCUT2D eigenvalue weighted by atomic mass is 16.1. The van der Waals surface area contributed by atoms with E-state index in [0.29, 0.717) is 11.5 Å². The number of anilines is 3. The number of aromatic nitrogens is 2. The van der Waals surface area contributed by atoms with Crippen molar-refractivity contribution >= 4 is 23.2 Å². The van der Waals surface area contributed by atoms with Crippen LogP contribution in [0.4, 0.5) is 17.3 Å². The Morgan fingerprint density at radius 3 is 2.48 bits per heavy atom. The van der Waals surface area contributed by atoms with E-state index in [1.165, 1.54) is 22.3 Å². The Balaban J connectivity index is 1.34. The normalized spacial score (nSPS) is 11.4. The summed E-state index contributed by atoms with van der Waals surface area (Å²) in [6, 6.07) is 23.6. The second kappa shape index (κ2) is 7.20. The molecule has 5 heteroatoms. The fraction of sp³-hybridized carbons (Fsp3) is 0.0417. The first-order chi connectivity index (χ1) is 14.3. The molecule has 0 unspecified atom stereocenters. The fourth-order valence-electron chi connectivity index (χ4n) is 3.66. The van der Waals surface area contributed by atoms with Crippen molar-refractivity contribution < 1.29 is 4.79 Å². The molecular formula is C24H18N4O. The first-order valence-electron chi connectivity index (χ1n) is 9.43. The maximum atomic E-state index is 12.8. The summed E-state index contributed by atoms with van der Waals surface area (Å²) in [6.07, 6.45) is 4.22. The van der Waals surface area contributed by atoms with Crippen LogP contribution in [0.15, 0.2) is 85.2 Å². The van der Waals surface area contributed by atoms with Crippen LogP contribution >= 0.6 is 0 Å². The van der Waals surface area contributed by atoms with Crippen LogP contribution in [0.25, 0.3) is 11.1 Å². The molecule has 0 saturated carbocycles. The van der Waals surface area contributed by atoms with Crippen LogP contribution in [-0.2, 0) is 6.42 Å². The minimum atomic E-state index is -0.155. The molecule has 2 N–H and O–H groups in total. The van der Waals surface area contributed by atoms with Crippen LogP contribution in [0, 0.1) is 0 Å². The third-order valence-electron chi connectivity index (χ3n) is 5.00. The van der Waals surface area contributed by atoms with E-state index in [4.69, 9.17) is 0 Å². The van der Waals surface area contributed by atoms with E-state index in [1.54, 1.807) is 30.6 Å². The number of nitrogens with one attached hydrogen (secondary N) is 2. The van der Waals surface area contributed by atoms with Gasteiger partial charge < -0.3 is 10.6 Å². The van der Waals surface area contributed by atoms with Crippen molar-refractivity contribution in [2.24, 2.45) is 0 Å². The first-order valence-corrected chi connectivity index (χ1v) is 9.43. The Morgan fingerprint density at radius 2 is 1.59 bits per heavy atom. The SMILES string of the molecule is O=C(Nc1ccc2c(c1)Cc1ccccc1-2)c1cccc(Nc2ncccn2)c1. The zero-order valence-corrected chi connectivity index (χ0v) is 15.6. The lowest BCUT2D eigenvalue weighted by atomic mass is 10.1. The number of rotatable bonds is 4. The minimum Gasteiger partial charge on any atom is -0.324 e. The molecule has 1 amide bonds. The molecule has 0 spiro atoms. The third kappa shape index (κ3) is 3.46. The van der Waals surface area contributed by atoms with Gasteiger partial charge in [-0.2, -0.15) is 0 Å². The molecule has 3 aromatic carbocycles. The van der Waals surface area contributed by atoms with Gasteiger partial charge in [0.2, 0.25) is 5.95 Å². The molecule has 0 saturated heterocycles. The quantitative estimate of drug-likeness (QED) is 0.460. The average Bonchev–Trinajstić information content (AvgIpc) is 3.12. The van der Waals surface area contributed by atoms with Gasteiger partial charge in [0.05, 0.1) is 0 Å². The van der Waals surface area contributed by atoms with Crippen molar-refractivity contribution in [1.82, 2.24) is 9.97 Å². The van der Waals surface area contributed by atoms with Gasteiger partial charge in [0.1, 0.15) is 0 Å². The van der Waals surface area contributed by atoms with E-state index < -0.39 is 0 Å². The van der Waals surface area contributed by atoms with Gasteiger partial charge in [0, 0.05) is 29.3 Å². The monoisotopic (exact) mass is 378 g/mol. The average molecular weight is 378 g/mol. The summed E-state index contributed by atoms with van der Waals surface area (Å²) in [5.74, 6) is 0.335. The van der Waals surface area contributed by atoms with Crippen molar-refractivity contribution in [2.75, 3.05) is 10.6 Å². The lowest BCUT2D eigenvalue weighted by molar-refractivity contribution is 0.102. The van der Waals surface area contributed by atoms with Crippen molar-refractivity contribution in [3.8, 4) is 11.1 Å². The van der Waals surface area contributed by atoms with Gasteiger partial charge in [0.25, 0.3) is 5.91 Å². The number of hydrogen-bond acceptors (Lipinski definition) is 4. The molecule has 1 aliphatic rings. The topological polar surface area (TPSA) is 66.9 Å². The highest BCUT2D eigenvalue weighted by Crippen LogP contribution is 2.37. The molecule has 1 heterocycles. The molecule has 0 fully saturated rings. The largest absolute Gasteiger partial charge is 0.324 e. The zero-order chi connectivity index (χ0) is 19.6. The molecule has 1 aromatic heterocycles. The highest BCUT2D eigenvalue weighted by Gasteiger charge is 2.18. The third-order valence-corrected chi connectivity index (χ3v) is 5.00. The van der Waals surface area contributed by atoms with Gasteiger partial charge in [-0.25, -0.2) is 9.97 Å². The molecule has 0 aliphatic heterocycles. The van der Waals surface area contributed by atoms with Gasteiger partial charge in [-0.3, -0.25) is 4.79 Å². The molecular weight excluding hydrogens is 360 g/mol. The van der Waals surface area contributed by atoms with Gasteiger partial charge in [-0.1, -0.05) is 36.4 Å².